The summed E-state index contributed by atoms with van der Waals surface area (Å²) in [6.07, 6.45) is 1.50. The minimum absolute atomic E-state index is 0.0452. The Hall–Kier alpha value is -2.92. The number of ether oxygens (including phenoxy) is 1. The van der Waals surface area contributed by atoms with Gasteiger partial charge in [0, 0.05) is 11.1 Å². The molecule has 7 heteroatoms. The molecule has 7 nitrogen and oxygen atoms in total. The maximum absolute atomic E-state index is 12.8. The van der Waals surface area contributed by atoms with Crippen molar-refractivity contribution in [2.75, 3.05) is 18.5 Å². The lowest BCUT2D eigenvalue weighted by Crippen LogP contribution is -2.49. The number of nitrogens with zero attached hydrogens (tertiary/aromatic N) is 2. The summed E-state index contributed by atoms with van der Waals surface area (Å²) in [6.45, 7) is 12.7. The number of para-hydroxylation sites is 1. The van der Waals surface area contributed by atoms with Gasteiger partial charge in [-0.25, -0.2) is 14.4 Å². The Bertz CT molecular complexity index is 744. The van der Waals surface area contributed by atoms with E-state index in [0.717, 1.165) is 5.56 Å². The third kappa shape index (κ3) is 5.86. The summed E-state index contributed by atoms with van der Waals surface area (Å²) in [4.78, 5) is 40.1. The fraction of sp³-hybridized carbons (Fsp3) is 0.421. The second-order valence-electron chi connectivity index (χ2n) is 6.84. The molecule has 2 amide bonds. The third-order valence-corrected chi connectivity index (χ3v) is 3.59. The molecular weight excluding hydrogens is 334 g/mol. The molecular formula is C19H25N3O4. The van der Waals surface area contributed by atoms with Gasteiger partial charge in [0.1, 0.15) is 12.3 Å². The second kappa shape index (κ2) is 8.97. The van der Waals surface area contributed by atoms with Gasteiger partial charge in [-0.15, -0.1) is 0 Å². The molecule has 0 aliphatic carbocycles. The average molecular weight is 359 g/mol. The number of nitrogens with one attached hydrogen (secondary N) is 1. The number of urea groups is 1. The van der Waals surface area contributed by atoms with E-state index in [1.807, 2.05) is 20.8 Å². The lowest BCUT2D eigenvalue weighted by atomic mass is 10.1. The summed E-state index contributed by atoms with van der Waals surface area (Å²) >= 11 is 0. The zero-order valence-corrected chi connectivity index (χ0v) is 15.9. The molecule has 0 saturated heterocycles. The first-order chi connectivity index (χ1) is 12.1. The van der Waals surface area contributed by atoms with Gasteiger partial charge in [-0.2, -0.15) is 4.99 Å². The lowest BCUT2D eigenvalue weighted by Gasteiger charge is -2.35. The van der Waals surface area contributed by atoms with Crippen molar-refractivity contribution < 1.29 is 19.1 Å². The van der Waals surface area contributed by atoms with E-state index in [1.54, 1.807) is 32.0 Å². The summed E-state index contributed by atoms with van der Waals surface area (Å²) in [5.74, 6) is -0.499. The van der Waals surface area contributed by atoms with E-state index in [-0.39, 0.29) is 13.2 Å². The molecule has 1 rings (SSSR count). The van der Waals surface area contributed by atoms with Gasteiger partial charge in [-0.05, 0) is 46.2 Å². The highest BCUT2D eigenvalue weighted by atomic mass is 16.5. The van der Waals surface area contributed by atoms with Crippen molar-refractivity contribution in [2.45, 2.75) is 40.2 Å². The van der Waals surface area contributed by atoms with Gasteiger partial charge in [-0.3, -0.25) is 0 Å². The SMILES string of the molecule is C=C(C)C(=O)OCCN(C(=O)Nc1cccc(C)c1N=C=O)C(C)(C)C. The van der Waals surface area contributed by atoms with Gasteiger partial charge in [0.05, 0.1) is 12.2 Å². The second-order valence-corrected chi connectivity index (χ2v) is 6.84. The number of anilines is 1. The van der Waals surface area contributed by atoms with Crippen molar-refractivity contribution in [2.24, 2.45) is 4.99 Å². The molecule has 0 heterocycles. The van der Waals surface area contributed by atoms with Gasteiger partial charge < -0.3 is 15.0 Å². The number of carbonyl (C=O) groups is 2. The van der Waals surface area contributed by atoms with Crippen LogP contribution in [-0.4, -0.2) is 41.7 Å². The Morgan fingerprint density at radius 3 is 2.54 bits per heavy atom. The highest BCUT2D eigenvalue weighted by Crippen LogP contribution is 2.29. The number of amides is 2. The number of esters is 1. The van der Waals surface area contributed by atoms with Gasteiger partial charge in [0.2, 0.25) is 6.08 Å². The predicted molar refractivity (Wildman–Crippen MR) is 100 cm³/mol. The molecule has 0 bridgehead atoms. The van der Waals surface area contributed by atoms with Gasteiger partial charge >= 0.3 is 12.0 Å². The van der Waals surface area contributed by atoms with Crippen LogP contribution in [-0.2, 0) is 14.3 Å². The number of hydrogen-bond donors (Lipinski definition) is 1. The Balaban J connectivity index is 2.95. The van der Waals surface area contributed by atoms with Crippen molar-refractivity contribution in [1.82, 2.24) is 4.90 Å². The molecule has 0 radical (unpaired) electrons. The number of aliphatic imine (C=N–C) groups is 1. The van der Waals surface area contributed by atoms with Crippen LogP contribution in [0.15, 0.2) is 35.3 Å². The normalized spacial score (nSPS) is 10.5. The van der Waals surface area contributed by atoms with Crippen LogP contribution in [0.25, 0.3) is 0 Å². The number of isocyanates is 1. The Morgan fingerprint density at radius 2 is 2.00 bits per heavy atom. The zero-order chi connectivity index (χ0) is 19.9. The summed E-state index contributed by atoms with van der Waals surface area (Å²) < 4.78 is 5.08. The molecule has 1 aromatic rings. The van der Waals surface area contributed by atoms with Crippen LogP contribution in [0.1, 0.15) is 33.3 Å². The first-order valence-corrected chi connectivity index (χ1v) is 8.16. The number of aryl methyl sites for hydroxylation is 1. The standard InChI is InChI=1S/C19H25N3O4/c1-13(2)17(24)26-11-10-22(19(4,5)6)18(25)21-15-9-7-8-14(3)16(15)20-12-23/h7-9H,1,10-11H2,2-6H3,(H,21,25). The molecule has 0 saturated carbocycles. The molecule has 1 N–H and O–H groups in total. The summed E-state index contributed by atoms with van der Waals surface area (Å²) in [7, 11) is 0. The topological polar surface area (TPSA) is 88.1 Å². The molecule has 0 fully saturated rings. The molecule has 0 aromatic heterocycles. The molecule has 140 valence electrons. The molecule has 0 unspecified atom stereocenters. The van der Waals surface area contributed by atoms with E-state index in [1.165, 1.54) is 11.0 Å². The van der Waals surface area contributed by atoms with Crippen LogP contribution in [0.2, 0.25) is 0 Å². The molecule has 0 aliphatic rings. The van der Waals surface area contributed by atoms with Crippen LogP contribution in [0.5, 0.6) is 0 Å². The highest BCUT2D eigenvalue weighted by molar-refractivity contribution is 5.93. The van der Waals surface area contributed by atoms with Crippen LogP contribution >= 0.6 is 0 Å². The van der Waals surface area contributed by atoms with Gasteiger partial charge in [0.25, 0.3) is 0 Å². The van der Waals surface area contributed by atoms with Gasteiger partial charge in [0.15, 0.2) is 0 Å². The number of carbonyl (C=O) groups excluding carboxylic acids is 3. The quantitative estimate of drug-likeness (QED) is 0.363. The predicted octanol–water partition coefficient (Wildman–Crippen LogP) is 3.71. The van der Waals surface area contributed by atoms with Crippen molar-refractivity contribution in [3.8, 4) is 0 Å². The van der Waals surface area contributed by atoms with Crippen LogP contribution in [0, 0.1) is 6.92 Å². The van der Waals surface area contributed by atoms with Gasteiger partial charge in [-0.1, -0.05) is 18.7 Å². The fourth-order valence-electron chi connectivity index (χ4n) is 2.23. The number of hydrogen-bond acceptors (Lipinski definition) is 5. The van der Waals surface area contributed by atoms with E-state index in [2.05, 4.69) is 16.9 Å². The van der Waals surface area contributed by atoms with E-state index in [4.69, 9.17) is 4.74 Å². The molecule has 0 atom stereocenters. The van der Waals surface area contributed by atoms with Crippen molar-refractivity contribution in [1.29, 1.82) is 0 Å². The summed E-state index contributed by atoms with van der Waals surface area (Å²) in [5, 5.41) is 2.76. The molecule has 26 heavy (non-hydrogen) atoms. The minimum atomic E-state index is -0.516. The van der Waals surface area contributed by atoms with Crippen LogP contribution < -0.4 is 5.32 Å². The van der Waals surface area contributed by atoms with E-state index in [0.29, 0.717) is 16.9 Å². The highest BCUT2D eigenvalue weighted by Gasteiger charge is 2.27. The number of benzene rings is 1. The first kappa shape index (κ1) is 21.1. The van der Waals surface area contributed by atoms with E-state index >= 15 is 0 Å². The summed E-state index contributed by atoms with van der Waals surface area (Å²) in [5.41, 5.74) is 1.29. The maximum Gasteiger partial charge on any atom is 0.333 e. The monoisotopic (exact) mass is 359 g/mol. The Labute approximate surface area is 153 Å². The Morgan fingerprint density at radius 1 is 1.35 bits per heavy atom. The van der Waals surface area contributed by atoms with Crippen molar-refractivity contribution in [3.05, 3.63) is 35.9 Å². The smallest absolute Gasteiger partial charge is 0.333 e. The molecule has 0 aliphatic heterocycles. The Kier molecular flexibility index (Phi) is 7.28. The lowest BCUT2D eigenvalue weighted by molar-refractivity contribution is -0.139. The van der Waals surface area contributed by atoms with E-state index < -0.39 is 17.5 Å². The number of rotatable bonds is 6. The fourth-order valence-corrected chi connectivity index (χ4v) is 2.23. The minimum Gasteiger partial charge on any atom is -0.460 e. The first-order valence-electron chi connectivity index (χ1n) is 8.16. The molecule has 1 aromatic carbocycles. The zero-order valence-electron chi connectivity index (χ0n) is 15.9. The summed E-state index contributed by atoms with van der Waals surface area (Å²) in [6, 6.07) is 4.80. The van der Waals surface area contributed by atoms with Crippen molar-refractivity contribution >= 4 is 29.5 Å². The van der Waals surface area contributed by atoms with Crippen LogP contribution in [0.3, 0.4) is 0 Å². The molecule has 0 spiro atoms. The largest absolute Gasteiger partial charge is 0.460 e. The van der Waals surface area contributed by atoms with Crippen LogP contribution in [0.4, 0.5) is 16.2 Å². The average Bonchev–Trinajstić information content (AvgIpc) is 2.53. The van der Waals surface area contributed by atoms with Crippen molar-refractivity contribution in [3.63, 3.8) is 0 Å². The maximum atomic E-state index is 12.8. The third-order valence-electron chi connectivity index (χ3n) is 3.59. The van der Waals surface area contributed by atoms with E-state index in [9.17, 15) is 14.4 Å².